The molecule has 1 N–H and O–H groups in total. The molecular formula is C19H28O2. The summed E-state index contributed by atoms with van der Waals surface area (Å²) in [6, 6.07) is 0. The Hall–Kier alpha value is -0.790. The van der Waals surface area contributed by atoms with Gasteiger partial charge in [0, 0.05) is 18.3 Å². The Morgan fingerprint density at radius 1 is 1.00 bits per heavy atom. The zero-order valence-electron chi connectivity index (χ0n) is 13.5. The lowest BCUT2D eigenvalue weighted by atomic mass is 9.48. The Bertz CT molecular complexity index is 520. The highest BCUT2D eigenvalue weighted by Gasteiger charge is 2.59. The standard InChI is InChI=1S/C19H28O2/c1-18-9-4-3-5-15(18)16(20)11-12-13-6-7-17(21)19(13,2)10-8-14(12)18/h12-14,20H,3-11H2,1-2H3/t12-,13-,14-,18+,19-/m0/s1. The van der Waals surface area contributed by atoms with Crippen molar-refractivity contribution >= 4 is 5.78 Å². The number of carbonyl (C=O) groups is 1. The third-order valence-electron chi connectivity index (χ3n) is 7.80. The van der Waals surface area contributed by atoms with Crippen molar-refractivity contribution in [3.63, 3.8) is 0 Å². The number of fused-ring (bicyclic) bond motifs is 5. The van der Waals surface area contributed by atoms with E-state index in [9.17, 15) is 9.90 Å². The summed E-state index contributed by atoms with van der Waals surface area (Å²) in [6.45, 7) is 4.62. The van der Waals surface area contributed by atoms with Crippen LogP contribution in [0.25, 0.3) is 0 Å². The molecule has 116 valence electrons. The van der Waals surface area contributed by atoms with Gasteiger partial charge in [-0.25, -0.2) is 0 Å². The van der Waals surface area contributed by atoms with Gasteiger partial charge >= 0.3 is 0 Å². The molecule has 3 fully saturated rings. The number of rotatable bonds is 0. The topological polar surface area (TPSA) is 37.3 Å². The Kier molecular flexibility index (Phi) is 2.88. The molecule has 0 aromatic carbocycles. The molecule has 4 aliphatic rings. The van der Waals surface area contributed by atoms with Crippen molar-refractivity contribution in [1.82, 2.24) is 0 Å². The number of aliphatic hydroxyl groups is 1. The van der Waals surface area contributed by atoms with E-state index in [0.717, 1.165) is 32.1 Å². The highest BCUT2D eigenvalue weighted by atomic mass is 16.3. The van der Waals surface area contributed by atoms with Crippen LogP contribution in [0.2, 0.25) is 0 Å². The van der Waals surface area contributed by atoms with Gasteiger partial charge in [-0.3, -0.25) is 4.79 Å². The second-order valence-electron chi connectivity index (χ2n) is 8.55. The molecule has 21 heavy (non-hydrogen) atoms. The molecule has 0 aliphatic heterocycles. The van der Waals surface area contributed by atoms with E-state index >= 15 is 0 Å². The molecule has 0 aromatic rings. The first kappa shape index (κ1) is 13.8. The number of Topliss-reactive ketones (excluding diaryl/α,β-unsaturated/α-hetero) is 1. The van der Waals surface area contributed by atoms with E-state index in [-0.39, 0.29) is 10.8 Å². The summed E-state index contributed by atoms with van der Waals surface area (Å²) >= 11 is 0. The fraction of sp³-hybridized carbons (Fsp3) is 0.842. The van der Waals surface area contributed by atoms with E-state index in [2.05, 4.69) is 13.8 Å². The molecule has 0 spiro atoms. The second kappa shape index (κ2) is 4.36. The lowest BCUT2D eigenvalue weighted by Gasteiger charge is -2.56. The average Bonchev–Trinajstić information content (AvgIpc) is 2.75. The van der Waals surface area contributed by atoms with Gasteiger partial charge in [-0.15, -0.1) is 0 Å². The summed E-state index contributed by atoms with van der Waals surface area (Å²) in [6.07, 6.45) is 9.86. The highest BCUT2D eigenvalue weighted by Crippen LogP contribution is 2.64. The van der Waals surface area contributed by atoms with Crippen molar-refractivity contribution in [3.8, 4) is 0 Å². The maximum absolute atomic E-state index is 12.4. The number of carbonyl (C=O) groups excluding carboxylic acids is 1. The van der Waals surface area contributed by atoms with Gasteiger partial charge in [-0.05, 0) is 67.3 Å². The fourth-order valence-electron chi connectivity index (χ4n) is 6.59. The summed E-state index contributed by atoms with van der Waals surface area (Å²) in [5.74, 6) is 2.96. The second-order valence-corrected chi connectivity index (χ2v) is 8.55. The van der Waals surface area contributed by atoms with Crippen molar-refractivity contribution in [2.24, 2.45) is 28.6 Å². The van der Waals surface area contributed by atoms with Gasteiger partial charge in [0.05, 0.1) is 5.76 Å². The van der Waals surface area contributed by atoms with Gasteiger partial charge in [0.2, 0.25) is 0 Å². The van der Waals surface area contributed by atoms with Crippen LogP contribution in [0.4, 0.5) is 0 Å². The summed E-state index contributed by atoms with van der Waals surface area (Å²) in [4.78, 5) is 12.4. The number of allylic oxidation sites excluding steroid dienone is 2. The Balaban J connectivity index is 1.75. The molecule has 2 heteroatoms. The van der Waals surface area contributed by atoms with Crippen molar-refractivity contribution in [2.45, 2.75) is 71.6 Å². The number of hydrogen-bond donors (Lipinski definition) is 1. The molecular weight excluding hydrogens is 260 g/mol. The summed E-state index contributed by atoms with van der Waals surface area (Å²) in [7, 11) is 0. The SMILES string of the molecule is C[C@]12CCCCC1=C(O)C[C@@H]1[C@@H]2CC[C@]2(C)C(=O)CC[C@@H]12. The van der Waals surface area contributed by atoms with Gasteiger partial charge in [-0.1, -0.05) is 20.3 Å². The predicted molar refractivity (Wildman–Crippen MR) is 82.9 cm³/mol. The fourth-order valence-corrected chi connectivity index (χ4v) is 6.59. The van der Waals surface area contributed by atoms with Crippen LogP contribution < -0.4 is 0 Å². The Morgan fingerprint density at radius 2 is 1.76 bits per heavy atom. The summed E-state index contributed by atoms with van der Waals surface area (Å²) in [5.41, 5.74) is 1.52. The molecule has 4 aliphatic carbocycles. The van der Waals surface area contributed by atoms with Crippen LogP contribution in [0, 0.1) is 28.6 Å². The monoisotopic (exact) mass is 288 g/mol. The quantitative estimate of drug-likeness (QED) is 0.695. The summed E-state index contributed by atoms with van der Waals surface area (Å²) in [5, 5.41) is 10.7. The first-order valence-corrected chi connectivity index (χ1v) is 8.91. The molecule has 0 heterocycles. The lowest BCUT2D eigenvalue weighted by molar-refractivity contribution is -0.132. The minimum absolute atomic E-state index is 0.0794. The maximum Gasteiger partial charge on any atom is 0.139 e. The molecule has 5 atom stereocenters. The van der Waals surface area contributed by atoms with Crippen LogP contribution >= 0.6 is 0 Å². The Labute approximate surface area is 128 Å². The van der Waals surface area contributed by atoms with Crippen LogP contribution in [0.1, 0.15) is 71.6 Å². The lowest BCUT2D eigenvalue weighted by Crippen LogP contribution is -2.50. The van der Waals surface area contributed by atoms with Crippen LogP contribution in [-0.2, 0) is 4.79 Å². The van der Waals surface area contributed by atoms with Gasteiger partial charge in [0.15, 0.2) is 0 Å². The number of ketones is 1. The minimum atomic E-state index is -0.0794. The van der Waals surface area contributed by atoms with Crippen molar-refractivity contribution in [3.05, 3.63) is 11.3 Å². The molecule has 0 unspecified atom stereocenters. The average molecular weight is 288 g/mol. The van der Waals surface area contributed by atoms with Gasteiger partial charge in [-0.2, -0.15) is 0 Å². The third-order valence-corrected chi connectivity index (χ3v) is 7.80. The van der Waals surface area contributed by atoms with Crippen LogP contribution in [0.5, 0.6) is 0 Å². The van der Waals surface area contributed by atoms with E-state index in [1.807, 2.05) is 0 Å². The van der Waals surface area contributed by atoms with Gasteiger partial charge in [0.1, 0.15) is 5.78 Å². The zero-order chi connectivity index (χ0) is 14.8. The van der Waals surface area contributed by atoms with Crippen molar-refractivity contribution in [1.29, 1.82) is 0 Å². The molecule has 3 saturated carbocycles. The van der Waals surface area contributed by atoms with Crippen molar-refractivity contribution in [2.75, 3.05) is 0 Å². The third kappa shape index (κ3) is 1.68. The van der Waals surface area contributed by atoms with Gasteiger partial charge < -0.3 is 5.11 Å². The molecule has 2 nitrogen and oxygen atoms in total. The zero-order valence-corrected chi connectivity index (χ0v) is 13.5. The predicted octanol–water partition coefficient (Wildman–Crippen LogP) is 4.79. The van der Waals surface area contributed by atoms with E-state index in [4.69, 9.17) is 0 Å². The van der Waals surface area contributed by atoms with Crippen LogP contribution in [0.15, 0.2) is 11.3 Å². The van der Waals surface area contributed by atoms with E-state index in [0.29, 0.717) is 29.3 Å². The molecule has 0 amide bonds. The van der Waals surface area contributed by atoms with E-state index < -0.39 is 0 Å². The Morgan fingerprint density at radius 3 is 2.57 bits per heavy atom. The smallest absolute Gasteiger partial charge is 0.139 e. The van der Waals surface area contributed by atoms with Gasteiger partial charge in [0.25, 0.3) is 0 Å². The normalized spacial score (nSPS) is 49.6. The number of hydrogen-bond acceptors (Lipinski definition) is 2. The minimum Gasteiger partial charge on any atom is -0.512 e. The molecule has 0 radical (unpaired) electrons. The van der Waals surface area contributed by atoms with Crippen molar-refractivity contribution < 1.29 is 9.90 Å². The molecule has 4 rings (SSSR count). The molecule has 0 aromatic heterocycles. The molecule has 0 bridgehead atoms. The largest absolute Gasteiger partial charge is 0.512 e. The summed E-state index contributed by atoms with van der Waals surface area (Å²) < 4.78 is 0. The first-order chi connectivity index (χ1) is 9.97. The van der Waals surface area contributed by atoms with Crippen LogP contribution in [-0.4, -0.2) is 10.9 Å². The first-order valence-electron chi connectivity index (χ1n) is 8.91. The van der Waals surface area contributed by atoms with E-state index in [1.165, 1.54) is 31.3 Å². The highest BCUT2D eigenvalue weighted by molar-refractivity contribution is 5.87. The number of aliphatic hydroxyl groups excluding tert-OH is 1. The maximum atomic E-state index is 12.4. The molecule has 0 saturated heterocycles. The van der Waals surface area contributed by atoms with Crippen LogP contribution in [0.3, 0.4) is 0 Å². The van der Waals surface area contributed by atoms with E-state index in [1.54, 1.807) is 0 Å².